The van der Waals surface area contributed by atoms with Gasteiger partial charge in [0.25, 0.3) is 5.91 Å². The normalized spacial score (nSPS) is 17.5. The van der Waals surface area contributed by atoms with Crippen LogP contribution in [0.1, 0.15) is 36.1 Å². The van der Waals surface area contributed by atoms with Crippen molar-refractivity contribution in [1.29, 1.82) is 0 Å². The highest BCUT2D eigenvalue weighted by atomic mass is 32.2. The van der Waals surface area contributed by atoms with Crippen LogP contribution in [0.5, 0.6) is 11.5 Å². The number of piperazine rings is 1. The maximum atomic E-state index is 13.5. The van der Waals surface area contributed by atoms with Crippen molar-refractivity contribution in [2.45, 2.75) is 32.8 Å². The first-order valence-electron chi connectivity index (χ1n) is 14.1. The van der Waals surface area contributed by atoms with Gasteiger partial charge in [0.2, 0.25) is 0 Å². The zero-order chi connectivity index (χ0) is 32.1. The Balaban J connectivity index is 1.39. The molecule has 2 aromatic carbocycles. The summed E-state index contributed by atoms with van der Waals surface area (Å²) >= 11 is 1.28. The number of rotatable bonds is 10. The van der Waals surface area contributed by atoms with Gasteiger partial charge in [0, 0.05) is 44.8 Å². The molecule has 0 saturated carbocycles. The lowest BCUT2D eigenvalue weighted by Crippen LogP contribution is -2.49. The molecule has 4 rings (SSSR count). The third-order valence-corrected chi connectivity index (χ3v) is 8.53. The molecule has 0 bridgehead atoms. The number of nitrogens with zero attached hydrogens (tertiary/aromatic N) is 4. The van der Waals surface area contributed by atoms with Gasteiger partial charge in [-0.3, -0.25) is 9.69 Å². The standard InChI is InChI=1S/C30H34F6N4O3S/c1-4-38(5-2)10-11-39-12-14-40(15-13-39)28-37-27(41)26(44-28)17-20-6-9-24(25(16-20)42-3)43-19-21-7-8-22(29(31,32)33)18-23(21)30(34,35)36/h6-9,16-18H,4-5,10-15,19H2,1-3H3/b26-17+. The third-order valence-electron chi connectivity index (χ3n) is 7.49. The van der Waals surface area contributed by atoms with E-state index >= 15 is 0 Å². The topological polar surface area (TPSA) is 57.6 Å². The zero-order valence-electron chi connectivity index (χ0n) is 24.6. The number of hydrogen-bond acceptors (Lipinski definition) is 7. The van der Waals surface area contributed by atoms with E-state index in [4.69, 9.17) is 9.47 Å². The molecule has 1 saturated heterocycles. The Hall–Kier alpha value is -3.23. The number of aliphatic imine (C=N–C) groups is 1. The minimum absolute atomic E-state index is 0.0746. The summed E-state index contributed by atoms with van der Waals surface area (Å²) < 4.78 is 90.4. The molecule has 2 aromatic rings. The van der Waals surface area contributed by atoms with Crippen LogP contribution in [0.25, 0.3) is 6.08 Å². The number of halogens is 6. The van der Waals surface area contributed by atoms with Gasteiger partial charge in [-0.15, -0.1) is 0 Å². The Morgan fingerprint density at radius 1 is 0.955 bits per heavy atom. The number of methoxy groups -OCH3 is 1. The monoisotopic (exact) mass is 644 g/mol. The van der Waals surface area contributed by atoms with Gasteiger partial charge in [-0.05, 0) is 60.8 Å². The number of thioether (sulfide) groups is 1. The predicted molar refractivity (Wildman–Crippen MR) is 158 cm³/mol. The quantitative estimate of drug-likeness (QED) is 0.224. The largest absolute Gasteiger partial charge is 0.493 e. The van der Waals surface area contributed by atoms with Gasteiger partial charge in [0.15, 0.2) is 16.7 Å². The molecule has 2 aliphatic rings. The maximum absolute atomic E-state index is 13.5. The summed E-state index contributed by atoms with van der Waals surface area (Å²) in [5.74, 6) is -0.101. The summed E-state index contributed by atoms with van der Waals surface area (Å²) in [7, 11) is 1.34. The van der Waals surface area contributed by atoms with Crippen molar-refractivity contribution in [2.75, 3.05) is 59.5 Å². The van der Waals surface area contributed by atoms with Gasteiger partial charge in [-0.25, -0.2) is 0 Å². The van der Waals surface area contributed by atoms with Gasteiger partial charge < -0.3 is 19.3 Å². The van der Waals surface area contributed by atoms with Gasteiger partial charge in [-0.1, -0.05) is 26.0 Å². The molecule has 0 radical (unpaired) electrons. The molecular formula is C30H34F6N4O3S. The van der Waals surface area contributed by atoms with E-state index < -0.39 is 35.6 Å². The van der Waals surface area contributed by atoms with Crippen molar-refractivity contribution in [2.24, 2.45) is 4.99 Å². The van der Waals surface area contributed by atoms with Crippen molar-refractivity contribution in [3.8, 4) is 11.5 Å². The SMILES string of the molecule is CCN(CC)CCN1CCN(C2=NC(=O)/C(=C\c3ccc(OCc4ccc(C(F)(F)F)cc4C(F)(F)F)c(OC)c3)S2)CC1. The Morgan fingerprint density at radius 2 is 1.66 bits per heavy atom. The van der Waals surface area contributed by atoms with E-state index in [0.29, 0.717) is 21.7 Å². The molecule has 2 aliphatic heterocycles. The van der Waals surface area contributed by atoms with Crippen molar-refractivity contribution >= 4 is 28.9 Å². The first kappa shape index (κ1) is 33.7. The Morgan fingerprint density at radius 3 is 2.27 bits per heavy atom. The van der Waals surface area contributed by atoms with Crippen LogP contribution < -0.4 is 9.47 Å². The maximum Gasteiger partial charge on any atom is 0.416 e. The first-order chi connectivity index (χ1) is 20.8. The van der Waals surface area contributed by atoms with Crippen molar-refractivity contribution in [3.05, 3.63) is 63.6 Å². The molecule has 14 heteroatoms. The number of carbonyl (C=O) groups excluding carboxylic acids is 1. The minimum atomic E-state index is -5.01. The summed E-state index contributed by atoms with van der Waals surface area (Å²) in [5, 5.41) is 0.647. The molecule has 2 heterocycles. The Labute approximate surface area is 256 Å². The van der Waals surface area contributed by atoms with Crippen LogP contribution in [0.3, 0.4) is 0 Å². The number of hydrogen-bond donors (Lipinski definition) is 0. The van der Waals surface area contributed by atoms with E-state index in [2.05, 4.69) is 33.5 Å². The fraction of sp³-hybridized carbons (Fsp3) is 0.467. The molecule has 1 fully saturated rings. The summed E-state index contributed by atoms with van der Waals surface area (Å²) in [6.45, 7) is 11.0. The second-order valence-electron chi connectivity index (χ2n) is 10.2. The molecule has 240 valence electrons. The molecule has 0 atom stereocenters. The summed E-state index contributed by atoms with van der Waals surface area (Å²) in [4.78, 5) is 24.2. The minimum Gasteiger partial charge on any atom is -0.493 e. The van der Waals surface area contributed by atoms with Crippen molar-refractivity contribution in [3.63, 3.8) is 0 Å². The Kier molecular flexibility index (Phi) is 10.9. The summed E-state index contributed by atoms with van der Waals surface area (Å²) in [6.07, 6.45) is -8.28. The average molecular weight is 645 g/mol. The predicted octanol–water partition coefficient (Wildman–Crippen LogP) is 6.24. The highest BCUT2D eigenvalue weighted by Gasteiger charge is 2.38. The fourth-order valence-corrected chi connectivity index (χ4v) is 5.83. The highest BCUT2D eigenvalue weighted by molar-refractivity contribution is 8.18. The van der Waals surface area contributed by atoms with Gasteiger partial charge >= 0.3 is 12.4 Å². The number of carbonyl (C=O) groups is 1. The second kappa shape index (κ2) is 14.2. The van der Waals surface area contributed by atoms with E-state index in [1.165, 1.54) is 24.9 Å². The van der Waals surface area contributed by atoms with Gasteiger partial charge in [0.1, 0.15) is 6.61 Å². The lowest BCUT2D eigenvalue weighted by molar-refractivity contribution is -0.143. The number of benzene rings is 2. The molecule has 0 unspecified atom stereocenters. The smallest absolute Gasteiger partial charge is 0.416 e. The third kappa shape index (κ3) is 8.48. The molecule has 0 N–H and O–H groups in total. The van der Waals surface area contributed by atoms with E-state index in [9.17, 15) is 31.1 Å². The van der Waals surface area contributed by atoms with Gasteiger partial charge in [-0.2, -0.15) is 31.3 Å². The highest BCUT2D eigenvalue weighted by Crippen LogP contribution is 2.39. The zero-order valence-corrected chi connectivity index (χ0v) is 25.4. The number of ether oxygens (including phenoxy) is 2. The van der Waals surface area contributed by atoms with Crippen molar-refractivity contribution in [1.82, 2.24) is 14.7 Å². The molecular weight excluding hydrogens is 610 g/mol. The van der Waals surface area contributed by atoms with Crippen LogP contribution in [0.2, 0.25) is 0 Å². The Bertz CT molecular complexity index is 1380. The van der Waals surface area contributed by atoms with Crippen LogP contribution in [-0.2, 0) is 23.8 Å². The van der Waals surface area contributed by atoms with Crippen LogP contribution >= 0.6 is 11.8 Å². The fourth-order valence-electron chi connectivity index (χ4n) is 4.86. The number of alkyl halides is 6. The number of amides is 1. The molecule has 0 spiro atoms. The molecule has 1 amide bonds. The molecule has 0 aromatic heterocycles. The molecule has 7 nitrogen and oxygen atoms in total. The second-order valence-corrected chi connectivity index (χ2v) is 11.2. The lowest BCUT2D eigenvalue weighted by Gasteiger charge is -2.36. The van der Waals surface area contributed by atoms with Crippen molar-refractivity contribution < 1.29 is 40.6 Å². The number of amidine groups is 1. The number of likely N-dealkylation sites (N-methyl/N-ethyl adjacent to an activating group) is 1. The average Bonchev–Trinajstić information content (AvgIpc) is 3.35. The lowest BCUT2D eigenvalue weighted by atomic mass is 10.0. The van der Waals surface area contributed by atoms with Crippen LogP contribution in [0.4, 0.5) is 26.3 Å². The van der Waals surface area contributed by atoms with E-state index in [1.807, 2.05) is 0 Å². The van der Waals surface area contributed by atoms with Crippen LogP contribution in [0, 0.1) is 0 Å². The first-order valence-corrected chi connectivity index (χ1v) is 14.9. The van der Waals surface area contributed by atoms with E-state index in [1.54, 1.807) is 18.2 Å². The van der Waals surface area contributed by atoms with E-state index in [0.717, 1.165) is 58.4 Å². The van der Waals surface area contributed by atoms with Crippen LogP contribution in [0.15, 0.2) is 46.3 Å². The summed E-state index contributed by atoms with van der Waals surface area (Å²) in [6, 6.07) is 6.03. The van der Waals surface area contributed by atoms with Gasteiger partial charge in [0.05, 0.1) is 23.1 Å². The van der Waals surface area contributed by atoms with E-state index in [-0.39, 0.29) is 23.5 Å². The molecule has 44 heavy (non-hydrogen) atoms. The van der Waals surface area contributed by atoms with Crippen LogP contribution in [-0.4, -0.2) is 85.2 Å². The molecule has 0 aliphatic carbocycles. The summed E-state index contributed by atoms with van der Waals surface area (Å²) in [5.41, 5.74) is -2.71.